The third kappa shape index (κ3) is 4.52. The molecule has 84 valence electrons. The van der Waals surface area contributed by atoms with Gasteiger partial charge in [0.2, 0.25) is 0 Å². The van der Waals surface area contributed by atoms with Crippen LogP contribution in [0.25, 0.3) is 0 Å². The Balaban J connectivity index is 4.09. The lowest BCUT2D eigenvalue weighted by atomic mass is 10.2. The van der Waals surface area contributed by atoms with Crippen LogP contribution in [0, 0.1) is 0 Å². The number of amides is 1. The Hall–Kier alpha value is -0.690. The van der Waals surface area contributed by atoms with Gasteiger partial charge in [-0.3, -0.25) is 15.1 Å². The number of ether oxygens (including phenoxy) is 1. The third-order valence-electron chi connectivity index (χ3n) is 2.04. The van der Waals surface area contributed by atoms with Crippen LogP contribution in [0.4, 0.5) is 0 Å². The van der Waals surface area contributed by atoms with Gasteiger partial charge in [0, 0.05) is 20.2 Å². The molecule has 0 aliphatic carbocycles. The molecule has 0 aromatic rings. The van der Waals surface area contributed by atoms with Crippen LogP contribution in [-0.2, 0) is 9.53 Å². The molecule has 6 nitrogen and oxygen atoms in total. The molecule has 1 amide bonds. The maximum absolute atomic E-state index is 11.2. The molecule has 0 aliphatic rings. The summed E-state index contributed by atoms with van der Waals surface area (Å²) in [6, 6.07) is -0.359. The number of aliphatic hydroxyl groups excluding tert-OH is 1. The number of methoxy groups -OCH3 is 1. The summed E-state index contributed by atoms with van der Waals surface area (Å²) < 4.78 is 4.90. The van der Waals surface area contributed by atoms with Crippen molar-refractivity contribution in [3.63, 3.8) is 0 Å². The molecule has 0 radical (unpaired) electrons. The molecule has 1 unspecified atom stereocenters. The van der Waals surface area contributed by atoms with E-state index in [1.165, 1.54) is 0 Å². The molecule has 0 saturated carbocycles. The molecule has 14 heavy (non-hydrogen) atoms. The summed E-state index contributed by atoms with van der Waals surface area (Å²) in [4.78, 5) is 13.0. The topological polar surface area (TPSA) is 87.8 Å². The zero-order valence-electron chi connectivity index (χ0n) is 8.69. The predicted octanol–water partition coefficient (Wildman–Crippen LogP) is -1.69. The van der Waals surface area contributed by atoms with Crippen LogP contribution in [0.5, 0.6) is 0 Å². The van der Waals surface area contributed by atoms with Crippen molar-refractivity contribution in [1.82, 2.24) is 10.3 Å². The Labute approximate surface area is 84.0 Å². The minimum absolute atomic E-state index is 0.00586. The summed E-state index contributed by atoms with van der Waals surface area (Å²) in [6.07, 6.45) is 0. The third-order valence-corrected chi connectivity index (χ3v) is 2.04. The van der Waals surface area contributed by atoms with Gasteiger partial charge < -0.3 is 9.84 Å². The van der Waals surface area contributed by atoms with Gasteiger partial charge in [-0.15, -0.1) is 0 Å². The van der Waals surface area contributed by atoms with E-state index < -0.39 is 0 Å². The Morgan fingerprint density at radius 1 is 1.64 bits per heavy atom. The average molecular weight is 205 g/mol. The minimum atomic E-state index is -0.359. The number of rotatable bonds is 7. The second-order valence-electron chi connectivity index (χ2n) is 2.94. The monoisotopic (exact) mass is 205 g/mol. The molecule has 0 fully saturated rings. The highest BCUT2D eigenvalue weighted by Crippen LogP contribution is 1.98. The molecule has 6 heteroatoms. The number of hydrogen-bond acceptors (Lipinski definition) is 5. The molecule has 0 aromatic heterocycles. The molecule has 0 rings (SSSR count). The first-order chi connectivity index (χ1) is 6.67. The van der Waals surface area contributed by atoms with E-state index in [9.17, 15) is 4.79 Å². The van der Waals surface area contributed by atoms with Gasteiger partial charge >= 0.3 is 0 Å². The van der Waals surface area contributed by atoms with E-state index in [4.69, 9.17) is 15.7 Å². The molecule has 0 bridgehead atoms. The van der Waals surface area contributed by atoms with Gasteiger partial charge in [0.15, 0.2) is 0 Å². The Morgan fingerprint density at radius 2 is 2.29 bits per heavy atom. The highest BCUT2D eigenvalue weighted by molar-refractivity contribution is 5.80. The predicted molar refractivity (Wildman–Crippen MR) is 52.3 cm³/mol. The van der Waals surface area contributed by atoms with Gasteiger partial charge in [-0.05, 0) is 6.92 Å². The smallest absolute Gasteiger partial charge is 0.250 e. The molecule has 0 aromatic carbocycles. The molecule has 0 heterocycles. The summed E-state index contributed by atoms with van der Waals surface area (Å²) in [5.41, 5.74) is 2.08. The van der Waals surface area contributed by atoms with Crippen LogP contribution in [0.1, 0.15) is 6.92 Å². The fraction of sp³-hybridized carbons (Fsp3) is 0.875. The van der Waals surface area contributed by atoms with E-state index in [0.717, 1.165) is 0 Å². The number of hydrazine groups is 1. The summed E-state index contributed by atoms with van der Waals surface area (Å²) >= 11 is 0. The minimum Gasteiger partial charge on any atom is -0.395 e. The summed E-state index contributed by atoms with van der Waals surface area (Å²) in [7, 11) is 1.59. The van der Waals surface area contributed by atoms with E-state index in [1.807, 2.05) is 0 Å². The first-order valence-corrected chi connectivity index (χ1v) is 4.51. The van der Waals surface area contributed by atoms with Gasteiger partial charge in [-0.25, -0.2) is 5.84 Å². The fourth-order valence-electron chi connectivity index (χ4n) is 1.12. The van der Waals surface area contributed by atoms with Crippen LogP contribution >= 0.6 is 0 Å². The first-order valence-electron chi connectivity index (χ1n) is 4.51. The maximum atomic E-state index is 11.2. The molecular formula is C8H19N3O3. The van der Waals surface area contributed by atoms with Gasteiger partial charge in [0.1, 0.15) is 0 Å². The summed E-state index contributed by atoms with van der Waals surface area (Å²) in [5.74, 6) is 4.75. The van der Waals surface area contributed by atoms with Crippen molar-refractivity contribution in [2.45, 2.75) is 13.0 Å². The highest BCUT2D eigenvalue weighted by atomic mass is 16.5. The van der Waals surface area contributed by atoms with Crippen molar-refractivity contribution in [2.75, 3.05) is 33.4 Å². The van der Waals surface area contributed by atoms with Crippen molar-refractivity contribution in [1.29, 1.82) is 0 Å². The average Bonchev–Trinajstić information content (AvgIpc) is 2.22. The van der Waals surface area contributed by atoms with Gasteiger partial charge in [-0.2, -0.15) is 0 Å². The zero-order valence-corrected chi connectivity index (χ0v) is 8.69. The standard InChI is InChI=1S/C8H19N3O3/c1-7(8(13)10-9)11(3-5-12)4-6-14-2/h7,12H,3-6,9H2,1-2H3,(H,10,13). The number of nitrogens with one attached hydrogen (secondary N) is 1. The quantitative estimate of drug-likeness (QED) is 0.262. The van der Waals surface area contributed by atoms with E-state index in [0.29, 0.717) is 19.7 Å². The fourth-order valence-corrected chi connectivity index (χ4v) is 1.12. The molecule has 1 atom stereocenters. The SMILES string of the molecule is COCCN(CCO)C(C)C(=O)NN. The molecule has 0 saturated heterocycles. The number of carbonyl (C=O) groups excluding carboxylic acids is 1. The largest absolute Gasteiger partial charge is 0.395 e. The van der Waals surface area contributed by atoms with Crippen LogP contribution in [0.2, 0.25) is 0 Å². The second-order valence-corrected chi connectivity index (χ2v) is 2.94. The lowest BCUT2D eigenvalue weighted by Gasteiger charge is -2.26. The molecule has 0 aliphatic heterocycles. The van der Waals surface area contributed by atoms with Crippen molar-refractivity contribution < 1.29 is 14.6 Å². The van der Waals surface area contributed by atoms with E-state index in [1.54, 1.807) is 18.9 Å². The normalized spacial score (nSPS) is 12.9. The summed E-state index contributed by atoms with van der Waals surface area (Å²) in [5, 5.41) is 8.79. The van der Waals surface area contributed by atoms with Crippen LogP contribution in [0.3, 0.4) is 0 Å². The van der Waals surface area contributed by atoms with E-state index in [2.05, 4.69) is 5.43 Å². The van der Waals surface area contributed by atoms with Crippen molar-refractivity contribution in [3.05, 3.63) is 0 Å². The van der Waals surface area contributed by atoms with Crippen LogP contribution in [0.15, 0.2) is 0 Å². The Kier molecular flexibility index (Phi) is 7.31. The number of aliphatic hydroxyl groups is 1. The highest BCUT2D eigenvalue weighted by Gasteiger charge is 2.19. The summed E-state index contributed by atoms with van der Waals surface area (Å²) in [6.45, 7) is 3.27. The number of hydrogen-bond donors (Lipinski definition) is 3. The molecular weight excluding hydrogens is 186 g/mol. The van der Waals surface area contributed by atoms with Crippen molar-refractivity contribution >= 4 is 5.91 Å². The first kappa shape index (κ1) is 13.3. The van der Waals surface area contributed by atoms with Gasteiger partial charge in [0.25, 0.3) is 5.91 Å². The van der Waals surface area contributed by atoms with Crippen LogP contribution < -0.4 is 11.3 Å². The van der Waals surface area contributed by atoms with Crippen molar-refractivity contribution in [2.24, 2.45) is 5.84 Å². The van der Waals surface area contributed by atoms with Crippen molar-refractivity contribution in [3.8, 4) is 0 Å². The van der Waals surface area contributed by atoms with Gasteiger partial charge in [-0.1, -0.05) is 0 Å². The number of nitrogens with two attached hydrogens (primary N) is 1. The number of carbonyl (C=O) groups is 1. The molecule has 0 spiro atoms. The zero-order chi connectivity index (χ0) is 11.0. The molecule has 4 N–H and O–H groups in total. The second kappa shape index (κ2) is 7.69. The van der Waals surface area contributed by atoms with Crippen LogP contribution in [-0.4, -0.2) is 55.4 Å². The lowest BCUT2D eigenvalue weighted by Crippen LogP contribution is -2.49. The lowest BCUT2D eigenvalue weighted by molar-refractivity contribution is -0.126. The van der Waals surface area contributed by atoms with E-state index in [-0.39, 0.29) is 18.6 Å². The Morgan fingerprint density at radius 3 is 2.71 bits per heavy atom. The van der Waals surface area contributed by atoms with Gasteiger partial charge in [0.05, 0.1) is 19.3 Å². The van der Waals surface area contributed by atoms with E-state index >= 15 is 0 Å². The number of nitrogens with zero attached hydrogens (tertiary/aromatic N) is 1. The maximum Gasteiger partial charge on any atom is 0.250 e. The Bertz CT molecular complexity index is 166.